The third kappa shape index (κ3) is 4.03. The van der Waals surface area contributed by atoms with E-state index in [0.29, 0.717) is 34.6 Å². The molecule has 1 aliphatic heterocycles. The van der Waals surface area contributed by atoms with Crippen molar-refractivity contribution in [3.05, 3.63) is 47.2 Å². The van der Waals surface area contributed by atoms with Gasteiger partial charge < -0.3 is 24.3 Å². The molecule has 8 nitrogen and oxygen atoms in total. The van der Waals surface area contributed by atoms with E-state index in [4.69, 9.17) is 21.1 Å². The van der Waals surface area contributed by atoms with Gasteiger partial charge in [-0.2, -0.15) is 0 Å². The summed E-state index contributed by atoms with van der Waals surface area (Å²) in [4.78, 5) is 36.6. The van der Waals surface area contributed by atoms with Gasteiger partial charge in [-0.25, -0.2) is 4.98 Å². The molecule has 0 unspecified atom stereocenters. The van der Waals surface area contributed by atoms with Gasteiger partial charge in [-0.05, 0) is 18.2 Å². The number of aromatic nitrogens is 2. The third-order valence-electron chi connectivity index (χ3n) is 5.42. The van der Waals surface area contributed by atoms with E-state index in [1.807, 2.05) is 24.3 Å². The van der Waals surface area contributed by atoms with Gasteiger partial charge in [-0.1, -0.05) is 23.7 Å². The first-order chi connectivity index (χ1) is 14.9. The largest absolute Gasteiger partial charge is 0.495 e. The Balaban J connectivity index is 1.49. The SMILES string of the molecule is COc1cc(OC)c(N2C[C@@H](C(=O)N(C)Cc3nc4ccccc4[nH]3)CC2=O)cc1Cl. The number of nitrogens with zero attached hydrogens (tertiary/aromatic N) is 3. The number of hydrogen-bond donors (Lipinski definition) is 1. The number of methoxy groups -OCH3 is 2. The highest BCUT2D eigenvalue weighted by Crippen LogP contribution is 2.40. The lowest BCUT2D eigenvalue weighted by atomic mass is 10.1. The van der Waals surface area contributed by atoms with Crippen molar-refractivity contribution in [2.24, 2.45) is 5.92 Å². The summed E-state index contributed by atoms with van der Waals surface area (Å²) < 4.78 is 10.6. The van der Waals surface area contributed by atoms with Crippen LogP contribution in [0.3, 0.4) is 0 Å². The summed E-state index contributed by atoms with van der Waals surface area (Å²) in [5.41, 5.74) is 2.29. The monoisotopic (exact) mass is 442 g/mol. The van der Waals surface area contributed by atoms with E-state index in [9.17, 15) is 9.59 Å². The van der Waals surface area contributed by atoms with Crippen molar-refractivity contribution in [3.8, 4) is 11.5 Å². The molecule has 1 aromatic heterocycles. The van der Waals surface area contributed by atoms with E-state index < -0.39 is 5.92 Å². The van der Waals surface area contributed by atoms with E-state index >= 15 is 0 Å². The van der Waals surface area contributed by atoms with Crippen LogP contribution in [0.25, 0.3) is 11.0 Å². The smallest absolute Gasteiger partial charge is 0.228 e. The normalized spacial score (nSPS) is 16.1. The predicted octanol–water partition coefficient (Wildman–Crippen LogP) is 3.25. The van der Waals surface area contributed by atoms with Crippen molar-refractivity contribution in [3.63, 3.8) is 0 Å². The van der Waals surface area contributed by atoms with E-state index in [1.54, 1.807) is 29.0 Å². The molecule has 0 saturated carbocycles. The van der Waals surface area contributed by atoms with Crippen LogP contribution in [-0.4, -0.2) is 54.5 Å². The number of para-hydroxylation sites is 2. The van der Waals surface area contributed by atoms with Crippen molar-refractivity contribution < 1.29 is 19.1 Å². The van der Waals surface area contributed by atoms with Gasteiger partial charge in [0.05, 0.1) is 48.4 Å². The average Bonchev–Trinajstić information content (AvgIpc) is 3.35. The molecule has 1 N–H and O–H groups in total. The Bertz CT molecular complexity index is 1110. The minimum absolute atomic E-state index is 0.116. The zero-order chi connectivity index (χ0) is 22.1. The highest BCUT2D eigenvalue weighted by Gasteiger charge is 2.38. The Hall–Kier alpha value is -3.26. The van der Waals surface area contributed by atoms with Gasteiger partial charge in [0.15, 0.2) is 0 Å². The molecule has 2 amide bonds. The first kappa shape index (κ1) is 21.0. The second kappa shape index (κ2) is 8.47. The molecular weight excluding hydrogens is 420 g/mol. The Labute approximate surface area is 184 Å². The lowest BCUT2D eigenvalue weighted by molar-refractivity contribution is -0.135. The molecule has 3 aromatic rings. The number of carbonyl (C=O) groups excluding carboxylic acids is 2. The summed E-state index contributed by atoms with van der Waals surface area (Å²) in [5, 5.41) is 0.364. The summed E-state index contributed by atoms with van der Waals surface area (Å²) in [7, 11) is 4.73. The first-order valence-electron chi connectivity index (χ1n) is 9.81. The number of H-pyrrole nitrogens is 1. The molecule has 2 aromatic carbocycles. The fourth-order valence-electron chi connectivity index (χ4n) is 3.86. The topological polar surface area (TPSA) is 87.8 Å². The number of anilines is 1. The molecule has 1 aliphatic rings. The average molecular weight is 443 g/mol. The number of fused-ring (bicyclic) bond motifs is 1. The molecule has 9 heteroatoms. The van der Waals surface area contributed by atoms with Crippen LogP contribution < -0.4 is 14.4 Å². The first-order valence-corrected chi connectivity index (χ1v) is 10.2. The van der Waals surface area contributed by atoms with Crippen LogP contribution in [0.5, 0.6) is 11.5 Å². The van der Waals surface area contributed by atoms with Gasteiger partial charge in [-0.15, -0.1) is 0 Å². The van der Waals surface area contributed by atoms with E-state index in [2.05, 4.69) is 9.97 Å². The number of nitrogens with one attached hydrogen (secondary N) is 1. The number of halogens is 1. The lowest BCUT2D eigenvalue weighted by Gasteiger charge is -2.22. The second-order valence-electron chi connectivity index (χ2n) is 7.46. The zero-order valence-electron chi connectivity index (χ0n) is 17.5. The van der Waals surface area contributed by atoms with Crippen molar-refractivity contribution in [2.45, 2.75) is 13.0 Å². The molecule has 0 radical (unpaired) electrons. The number of aromatic amines is 1. The Morgan fingerprint density at radius 3 is 2.71 bits per heavy atom. The highest BCUT2D eigenvalue weighted by molar-refractivity contribution is 6.32. The molecule has 0 spiro atoms. The quantitative estimate of drug-likeness (QED) is 0.633. The van der Waals surface area contributed by atoms with Gasteiger partial charge in [0, 0.05) is 26.1 Å². The van der Waals surface area contributed by atoms with E-state index in [0.717, 1.165) is 11.0 Å². The number of hydrogen-bond acceptors (Lipinski definition) is 5. The molecule has 0 bridgehead atoms. The molecule has 0 aliphatic carbocycles. The van der Waals surface area contributed by atoms with E-state index in [1.165, 1.54) is 14.2 Å². The maximum atomic E-state index is 13.0. The van der Waals surface area contributed by atoms with Gasteiger partial charge in [0.25, 0.3) is 0 Å². The maximum absolute atomic E-state index is 13.0. The van der Waals surface area contributed by atoms with Gasteiger partial charge in [0.1, 0.15) is 17.3 Å². The number of ether oxygens (including phenoxy) is 2. The Morgan fingerprint density at radius 1 is 1.26 bits per heavy atom. The molecule has 162 valence electrons. The Kier molecular flexibility index (Phi) is 5.73. The minimum Gasteiger partial charge on any atom is -0.495 e. The van der Waals surface area contributed by atoms with E-state index in [-0.39, 0.29) is 24.8 Å². The molecule has 1 atom stereocenters. The van der Waals surface area contributed by atoms with Crippen LogP contribution in [-0.2, 0) is 16.1 Å². The summed E-state index contributed by atoms with van der Waals surface area (Å²) in [6.07, 6.45) is 0.121. The molecule has 1 fully saturated rings. The summed E-state index contributed by atoms with van der Waals surface area (Å²) in [5.74, 6) is 0.865. The van der Waals surface area contributed by atoms with Gasteiger partial charge in [-0.3, -0.25) is 9.59 Å². The third-order valence-corrected chi connectivity index (χ3v) is 5.72. The fourth-order valence-corrected chi connectivity index (χ4v) is 4.09. The molecule has 2 heterocycles. The summed E-state index contributed by atoms with van der Waals surface area (Å²) >= 11 is 6.25. The lowest BCUT2D eigenvalue weighted by Crippen LogP contribution is -2.34. The number of carbonyl (C=O) groups is 2. The standard InChI is InChI=1S/C22H23ClN4O4/c1-26(12-20-24-15-6-4-5-7-16(15)25-20)22(29)13-8-21(28)27(11-13)17-9-14(23)18(30-2)10-19(17)31-3/h4-7,9-10,13H,8,11-12H2,1-3H3,(H,24,25)/t13-/m0/s1. The van der Waals surface area contributed by atoms with Gasteiger partial charge in [0.2, 0.25) is 11.8 Å². The Morgan fingerprint density at radius 2 is 2.00 bits per heavy atom. The molecule has 31 heavy (non-hydrogen) atoms. The van der Waals surface area contributed by atoms with Crippen LogP contribution in [0, 0.1) is 5.92 Å². The highest BCUT2D eigenvalue weighted by atomic mass is 35.5. The summed E-state index contributed by atoms with van der Waals surface area (Å²) in [6.45, 7) is 0.580. The number of benzene rings is 2. The summed E-state index contributed by atoms with van der Waals surface area (Å²) in [6, 6.07) is 11.0. The molecule has 4 rings (SSSR count). The molecular formula is C22H23ClN4O4. The fraction of sp³-hybridized carbons (Fsp3) is 0.318. The minimum atomic E-state index is -0.465. The van der Waals surface area contributed by atoms with Crippen molar-refractivity contribution in [2.75, 3.05) is 32.7 Å². The van der Waals surface area contributed by atoms with Crippen LogP contribution in [0.2, 0.25) is 5.02 Å². The van der Waals surface area contributed by atoms with Crippen LogP contribution in [0.1, 0.15) is 12.2 Å². The molecule has 1 saturated heterocycles. The van der Waals surface area contributed by atoms with Crippen LogP contribution >= 0.6 is 11.6 Å². The number of imidazole rings is 1. The predicted molar refractivity (Wildman–Crippen MR) is 118 cm³/mol. The van der Waals surface area contributed by atoms with Crippen LogP contribution in [0.15, 0.2) is 36.4 Å². The number of rotatable bonds is 6. The van der Waals surface area contributed by atoms with Crippen LogP contribution in [0.4, 0.5) is 5.69 Å². The maximum Gasteiger partial charge on any atom is 0.228 e. The number of amides is 2. The van der Waals surface area contributed by atoms with Gasteiger partial charge >= 0.3 is 0 Å². The van der Waals surface area contributed by atoms with Crippen molar-refractivity contribution in [1.82, 2.24) is 14.9 Å². The second-order valence-corrected chi connectivity index (χ2v) is 7.87. The zero-order valence-corrected chi connectivity index (χ0v) is 18.3. The van der Waals surface area contributed by atoms with Crippen molar-refractivity contribution >= 4 is 40.1 Å². The van der Waals surface area contributed by atoms with Crippen molar-refractivity contribution in [1.29, 1.82) is 0 Å².